The van der Waals surface area contributed by atoms with Crippen LogP contribution in [0.2, 0.25) is 0 Å². The molecular formula is C19H18FN3O2. The number of hydrazone groups is 1. The Hall–Kier alpha value is -3.02. The van der Waals surface area contributed by atoms with Crippen molar-refractivity contribution >= 4 is 23.2 Å². The highest BCUT2D eigenvalue weighted by Gasteiger charge is 2.29. The third-order valence-corrected chi connectivity index (χ3v) is 3.93. The molecule has 0 aromatic heterocycles. The van der Waals surface area contributed by atoms with Crippen LogP contribution in [0.5, 0.6) is 0 Å². The normalized spacial score (nSPS) is 14.1. The maximum absolute atomic E-state index is 12.9. The predicted octanol–water partition coefficient (Wildman–Crippen LogP) is 3.33. The number of rotatable bonds is 5. The molecule has 2 N–H and O–H groups in total. The Bertz CT molecular complexity index is 827. The summed E-state index contributed by atoms with van der Waals surface area (Å²) in [6, 6.07) is 12.5. The summed E-state index contributed by atoms with van der Waals surface area (Å²) in [6.45, 7) is 1.76. The highest BCUT2D eigenvalue weighted by atomic mass is 19.1. The van der Waals surface area contributed by atoms with Crippen molar-refractivity contribution in [2.75, 3.05) is 5.32 Å². The van der Waals surface area contributed by atoms with Crippen LogP contribution in [-0.2, 0) is 4.79 Å². The van der Waals surface area contributed by atoms with Crippen LogP contribution in [0.4, 0.5) is 10.1 Å². The van der Waals surface area contributed by atoms with E-state index >= 15 is 0 Å². The second-order valence-electron chi connectivity index (χ2n) is 5.99. The van der Waals surface area contributed by atoms with Gasteiger partial charge >= 0.3 is 0 Å². The van der Waals surface area contributed by atoms with Gasteiger partial charge in [0.1, 0.15) is 5.82 Å². The smallest absolute Gasteiger partial charge is 0.271 e. The first-order valence-corrected chi connectivity index (χ1v) is 8.04. The molecule has 25 heavy (non-hydrogen) atoms. The number of hydrogen-bond acceptors (Lipinski definition) is 3. The number of hydrogen-bond donors (Lipinski definition) is 2. The molecule has 5 nitrogen and oxygen atoms in total. The Morgan fingerprint density at radius 1 is 1.08 bits per heavy atom. The molecule has 128 valence electrons. The average molecular weight is 339 g/mol. The molecule has 6 heteroatoms. The van der Waals surface area contributed by atoms with Crippen molar-refractivity contribution in [3.05, 3.63) is 65.5 Å². The van der Waals surface area contributed by atoms with Crippen molar-refractivity contribution in [1.29, 1.82) is 0 Å². The summed E-state index contributed by atoms with van der Waals surface area (Å²) in [7, 11) is 0. The lowest BCUT2D eigenvalue weighted by molar-refractivity contribution is -0.117. The van der Waals surface area contributed by atoms with Crippen LogP contribution in [-0.4, -0.2) is 17.5 Å². The van der Waals surface area contributed by atoms with Crippen LogP contribution in [0.3, 0.4) is 0 Å². The van der Waals surface area contributed by atoms with Crippen LogP contribution >= 0.6 is 0 Å². The molecule has 0 saturated heterocycles. The number of benzene rings is 2. The summed E-state index contributed by atoms with van der Waals surface area (Å²) in [5.41, 5.74) is 4.85. The van der Waals surface area contributed by atoms with Crippen LogP contribution in [0, 0.1) is 11.7 Å². The Kier molecular flexibility index (Phi) is 4.88. The summed E-state index contributed by atoms with van der Waals surface area (Å²) < 4.78 is 12.9. The lowest BCUT2D eigenvalue weighted by atomic mass is 10.1. The van der Waals surface area contributed by atoms with Crippen molar-refractivity contribution < 1.29 is 14.0 Å². The quantitative estimate of drug-likeness (QED) is 0.648. The molecule has 2 aromatic rings. The third kappa shape index (κ3) is 4.50. The van der Waals surface area contributed by atoms with Crippen molar-refractivity contribution in [3.8, 4) is 0 Å². The van der Waals surface area contributed by atoms with E-state index < -0.39 is 11.7 Å². The summed E-state index contributed by atoms with van der Waals surface area (Å²) in [6.07, 6.45) is 1.89. The Labute approximate surface area is 144 Å². The first kappa shape index (κ1) is 16.8. The highest BCUT2D eigenvalue weighted by Crippen LogP contribution is 2.30. The maximum Gasteiger partial charge on any atom is 0.271 e. The van der Waals surface area contributed by atoms with Crippen molar-refractivity contribution in [2.24, 2.45) is 11.0 Å². The summed E-state index contributed by atoms with van der Waals surface area (Å²) in [5, 5.41) is 6.95. The SMILES string of the molecule is C/C(=N/NC(=O)c1ccc(F)cc1)c1cccc(NC(=O)C2CC2)c1. The van der Waals surface area contributed by atoms with E-state index in [2.05, 4.69) is 15.8 Å². The zero-order valence-electron chi connectivity index (χ0n) is 13.8. The number of nitrogens with one attached hydrogen (secondary N) is 2. The second-order valence-corrected chi connectivity index (χ2v) is 5.99. The predicted molar refractivity (Wildman–Crippen MR) is 93.9 cm³/mol. The lowest BCUT2D eigenvalue weighted by Gasteiger charge is -2.07. The van der Waals surface area contributed by atoms with Gasteiger partial charge in [-0.05, 0) is 61.7 Å². The van der Waals surface area contributed by atoms with Gasteiger partial charge in [0.05, 0.1) is 5.71 Å². The van der Waals surface area contributed by atoms with E-state index in [0.29, 0.717) is 17.0 Å². The number of nitrogens with zero attached hydrogens (tertiary/aromatic N) is 1. The van der Waals surface area contributed by atoms with Crippen molar-refractivity contribution in [1.82, 2.24) is 5.43 Å². The van der Waals surface area contributed by atoms with Gasteiger partial charge in [0.15, 0.2) is 0 Å². The molecule has 0 unspecified atom stereocenters. The molecule has 1 saturated carbocycles. The van der Waals surface area contributed by atoms with Gasteiger partial charge in [-0.25, -0.2) is 9.82 Å². The highest BCUT2D eigenvalue weighted by molar-refractivity contribution is 6.02. The molecule has 0 bridgehead atoms. The molecule has 0 atom stereocenters. The zero-order chi connectivity index (χ0) is 17.8. The zero-order valence-corrected chi connectivity index (χ0v) is 13.8. The summed E-state index contributed by atoms with van der Waals surface area (Å²) >= 11 is 0. The molecule has 0 spiro atoms. The number of anilines is 1. The topological polar surface area (TPSA) is 70.6 Å². The molecule has 0 heterocycles. The molecule has 0 radical (unpaired) electrons. The van der Waals surface area contributed by atoms with Gasteiger partial charge in [-0.3, -0.25) is 9.59 Å². The molecule has 1 aliphatic carbocycles. The second kappa shape index (κ2) is 7.25. The van der Waals surface area contributed by atoms with Gasteiger partial charge < -0.3 is 5.32 Å². The number of carbonyl (C=O) groups excluding carboxylic acids is 2. The molecule has 3 rings (SSSR count). The van der Waals surface area contributed by atoms with E-state index in [1.807, 2.05) is 24.3 Å². The lowest BCUT2D eigenvalue weighted by Crippen LogP contribution is -2.19. The minimum Gasteiger partial charge on any atom is -0.326 e. The fourth-order valence-electron chi connectivity index (χ4n) is 2.28. The summed E-state index contributed by atoms with van der Waals surface area (Å²) in [4.78, 5) is 23.8. The standard InChI is InChI=1S/C19H18FN3O2/c1-12(22-23-19(25)14-7-9-16(20)10-8-14)15-3-2-4-17(11-15)21-18(24)13-5-6-13/h2-4,7-11,13H,5-6H2,1H3,(H,21,24)(H,23,25)/b22-12-. The van der Waals surface area contributed by atoms with Crippen molar-refractivity contribution in [3.63, 3.8) is 0 Å². The monoisotopic (exact) mass is 339 g/mol. The first-order valence-electron chi connectivity index (χ1n) is 8.04. The van der Waals surface area contributed by atoms with E-state index in [0.717, 1.165) is 18.4 Å². The van der Waals surface area contributed by atoms with E-state index in [-0.39, 0.29) is 11.8 Å². The van der Waals surface area contributed by atoms with Crippen LogP contribution < -0.4 is 10.7 Å². The van der Waals surface area contributed by atoms with Gasteiger partial charge in [-0.2, -0.15) is 5.10 Å². The largest absolute Gasteiger partial charge is 0.326 e. The van der Waals surface area contributed by atoms with Crippen molar-refractivity contribution in [2.45, 2.75) is 19.8 Å². The number of carbonyl (C=O) groups is 2. The van der Waals surface area contributed by atoms with Gasteiger partial charge in [-0.15, -0.1) is 0 Å². The minimum absolute atomic E-state index is 0.0383. The maximum atomic E-state index is 12.9. The number of amides is 2. The Morgan fingerprint density at radius 2 is 1.80 bits per heavy atom. The fraction of sp³-hybridized carbons (Fsp3) is 0.211. The molecule has 2 amide bonds. The van der Waals surface area contributed by atoms with Crippen LogP contribution in [0.15, 0.2) is 53.6 Å². The molecular weight excluding hydrogens is 321 g/mol. The number of halogens is 1. The average Bonchev–Trinajstić information content (AvgIpc) is 3.45. The third-order valence-electron chi connectivity index (χ3n) is 3.93. The van der Waals surface area contributed by atoms with Crippen LogP contribution in [0.1, 0.15) is 35.7 Å². The van der Waals surface area contributed by atoms with Gasteiger partial charge in [0, 0.05) is 17.2 Å². The van der Waals surface area contributed by atoms with E-state index in [9.17, 15) is 14.0 Å². The first-order chi connectivity index (χ1) is 12.0. The molecule has 1 aliphatic rings. The minimum atomic E-state index is -0.419. The summed E-state index contributed by atoms with van der Waals surface area (Å²) in [5.74, 6) is -0.649. The van der Waals surface area contributed by atoms with E-state index in [1.54, 1.807) is 6.92 Å². The Balaban J connectivity index is 1.66. The molecule has 0 aliphatic heterocycles. The van der Waals surface area contributed by atoms with Gasteiger partial charge in [0.2, 0.25) is 5.91 Å². The van der Waals surface area contributed by atoms with E-state index in [4.69, 9.17) is 0 Å². The molecule has 1 fully saturated rings. The van der Waals surface area contributed by atoms with Crippen LogP contribution in [0.25, 0.3) is 0 Å². The Morgan fingerprint density at radius 3 is 2.48 bits per heavy atom. The molecule has 2 aromatic carbocycles. The van der Waals surface area contributed by atoms with Gasteiger partial charge in [-0.1, -0.05) is 12.1 Å². The van der Waals surface area contributed by atoms with E-state index in [1.165, 1.54) is 24.3 Å². The van der Waals surface area contributed by atoms with Gasteiger partial charge in [0.25, 0.3) is 5.91 Å². The fourth-order valence-corrected chi connectivity index (χ4v) is 2.28.